The van der Waals surface area contributed by atoms with Crippen LogP contribution in [0.4, 0.5) is 0 Å². The van der Waals surface area contributed by atoms with Crippen LogP contribution in [0.3, 0.4) is 0 Å². The topological polar surface area (TPSA) is 58.6 Å². The van der Waals surface area contributed by atoms with Crippen LogP contribution in [0, 0.1) is 20.8 Å². The van der Waals surface area contributed by atoms with Crippen LogP contribution in [0.25, 0.3) is 0 Å². The molecule has 0 aliphatic heterocycles. The van der Waals surface area contributed by atoms with Crippen LogP contribution in [0.2, 0.25) is 0 Å². The first-order valence-corrected chi connectivity index (χ1v) is 10.6. The number of aryl methyl sites for hydroxylation is 3. The third-order valence-electron chi connectivity index (χ3n) is 5.29. The standard InChI is InChI=1S/C25H34N2O3/c1-6-7-14-26-25(29)21(5)27(16-22-11-9-8-10-19(22)3)24(28)17-30-23-15-18(2)12-13-20(23)4/h8-13,15,21H,6-7,14,16-17H2,1-5H3,(H,26,29)/t21-/m1/s1. The monoisotopic (exact) mass is 410 g/mol. The maximum atomic E-state index is 13.1. The van der Waals surface area contributed by atoms with Crippen molar-refractivity contribution in [2.75, 3.05) is 13.2 Å². The molecule has 2 aromatic rings. The van der Waals surface area contributed by atoms with E-state index in [2.05, 4.69) is 12.2 Å². The molecule has 0 radical (unpaired) electrons. The quantitative estimate of drug-likeness (QED) is 0.593. The predicted molar refractivity (Wildman–Crippen MR) is 121 cm³/mol. The van der Waals surface area contributed by atoms with Gasteiger partial charge in [-0.05, 0) is 62.4 Å². The van der Waals surface area contributed by atoms with E-state index in [1.54, 1.807) is 11.8 Å². The van der Waals surface area contributed by atoms with Crippen molar-refractivity contribution in [3.8, 4) is 5.75 Å². The number of carbonyl (C=O) groups excluding carboxylic acids is 2. The van der Waals surface area contributed by atoms with Crippen molar-refractivity contribution in [3.05, 3.63) is 64.7 Å². The van der Waals surface area contributed by atoms with Gasteiger partial charge < -0.3 is 15.0 Å². The molecule has 5 nitrogen and oxygen atoms in total. The Kier molecular flexibility index (Phi) is 8.90. The Morgan fingerprint density at radius 3 is 2.50 bits per heavy atom. The number of nitrogens with zero attached hydrogens (tertiary/aromatic N) is 1. The average molecular weight is 411 g/mol. The molecule has 0 unspecified atom stereocenters. The summed E-state index contributed by atoms with van der Waals surface area (Å²) in [5.41, 5.74) is 4.16. The molecule has 0 saturated carbocycles. The molecule has 0 fully saturated rings. The lowest BCUT2D eigenvalue weighted by atomic mass is 10.1. The molecule has 2 aromatic carbocycles. The summed E-state index contributed by atoms with van der Waals surface area (Å²) in [6.07, 6.45) is 1.92. The maximum absolute atomic E-state index is 13.1. The molecular formula is C25H34N2O3. The fourth-order valence-electron chi connectivity index (χ4n) is 3.17. The van der Waals surface area contributed by atoms with E-state index >= 15 is 0 Å². The number of hydrogen-bond donors (Lipinski definition) is 1. The van der Waals surface area contributed by atoms with Crippen molar-refractivity contribution in [2.45, 2.75) is 60.0 Å². The lowest BCUT2D eigenvalue weighted by molar-refractivity contribution is -0.142. The molecule has 0 aliphatic rings. The highest BCUT2D eigenvalue weighted by atomic mass is 16.5. The molecule has 30 heavy (non-hydrogen) atoms. The summed E-state index contributed by atoms with van der Waals surface area (Å²) < 4.78 is 5.83. The van der Waals surface area contributed by atoms with Gasteiger partial charge >= 0.3 is 0 Å². The van der Waals surface area contributed by atoms with Crippen LogP contribution in [0.1, 0.15) is 48.9 Å². The largest absolute Gasteiger partial charge is 0.483 e. The minimum atomic E-state index is -0.587. The van der Waals surface area contributed by atoms with Gasteiger partial charge in [0, 0.05) is 13.1 Å². The molecule has 2 rings (SSSR count). The fraction of sp³-hybridized carbons (Fsp3) is 0.440. The van der Waals surface area contributed by atoms with Crippen LogP contribution in [0.15, 0.2) is 42.5 Å². The van der Waals surface area contributed by atoms with Crippen molar-refractivity contribution < 1.29 is 14.3 Å². The molecule has 162 valence electrons. The Hall–Kier alpha value is -2.82. The van der Waals surface area contributed by atoms with Crippen molar-refractivity contribution in [1.82, 2.24) is 10.2 Å². The zero-order valence-corrected chi connectivity index (χ0v) is 18.8. The molecule has 0 aromatic heterocycles. The van der Waals surface area contributed by atoms with Gasteiger partial charge in [-0.3, -0.25) is 9.59 Å². The van der Waals surface area contributed by atoms with E-state index in [1.165, 1.54) is 0 Å². The first kappa shape index (κ1) is 23.5. The molecule has 2 amide bonds. The van der Waals surface area contributed by atoms with Crippen LogP contribution in [-0.2, 0) is 16.1 Å². The number of rotatable bonds is 10. The minimum Gasteiger partial charge on any atom is -0.483 e. The van der Waals surface area contributed by atoms with Gasteiger partial charge in [0.25, 0.3) is 5.91 Å². The Morgan fingerprint density at radius 2 is 1.80 bits per heavy atom. The number of benzene rings is 2. The second kappa shape index (κ2) is 11.4. The number of carbonyl (C=O) groups is 2. The van der Waals surface area contributed by atoms with E-state index in [4.69, 9.17) is 4.74 Å². The Morgan fingerprint density at radius 1 is 1.07 bits per heavy atom. The van der Waals surface area contributed by atoms with Gasteiger partial charge in [-0.15, -0.1) is 0 Å². The molecule has 5 heteroatoms. The van der Waals surface area contributed by atoms with E-state index in [0.29, 0.717) is 18.8 Å². The zero-order valence-electron chi connectivity index (χ0n) is 18.8. The first-order valence-electron chi connectivity index (χ1n) is 10.6. The van der Waals surface area contributed by atoms with Crippen molar-refractivity contribution in [1.29, 1.82) is 0 Å². The molecule has 0 saturated heterocycles. The Labute approximate surface area is 180 Å². The fourth-order valence-corrected chi connectivity index (χ4v) is 3.17. The van der Waals surface area contributed by atoms with Crippen molar-refractivity contribution in [3.63, 3.8) is 0 Å². The summed E-state index contributed by atoms with van der Waals surface area (Å²) >= 11 is 0. The summed E-state index contributed by atoms with van der Waals surface area (Å²) in [6.45, 7) is 10.7. The molecule has 0 heterocycles. The average Bonchev–Trinajstić information content (AvgIpc) is 2.73. The predicted octanol–water partition coefficient (Wildman–Crippen LogP) is 4.32. The molecule has 0 aliphatic carbocycles. The van der Waals surface area contributed by atoms with Crippen molar-refractivity contribution in [2.24, 2.45) is 0 Å². The van der Waals surface area contributed by atoms with Crippen LogP contribution in [-0.4, -0.2) is 35.9 Å². The van der Waals surface area contributed by atoms with Crippen molar-refractivity contribution >= 4 is 11.8 Å². The third kappa shape index (κ3) is 6.61. The van der Waals surface area contributed by atoms with Gasteiger partial charge in [-0.25, -0.2) is 0 Å². The smallest absolute Gasteiger partial charge is 0.261 e. The first-order chi connectivity index (χ1) is 14.3. The Balaban J connectivity index is 2.16. The number of nitrogens with one attached hydrogen (secondary N) is 1. The minimum absolute atomic E-state index is 0.108. The Bertz CT molecular complexity index is 863. The number of ether oxygens (including phenoxy) is 1. The van der Waals surface area contributed by atoms with Crippen LogP contribution in [0.5, 0.6) is 5.75 Å². The highest BCUT2D eigenvalue weighted by Crippen LogP contribution is 2.20. The van der Waals surface area contributed by atoms with Crippen LogP contribution >= 0.6 is 0 Å². The number of unbranched alkanes of at least 4 members (excludes halogenated alkanes) is 1. The lowest BCUT2D eigenvalue weighted by Gasteiger charge is -2.29. The van der Waals surface area contributed by atoms with Gasteiger partial charge in [0.1, 0.15) is 11.8 Å². The van der Waals surface area contributed by atoms with E-state index in [1.807, 2.05) is 63.2 Å². The summed E-state index contributed by atoms with van der Waals surface area (Å²) in [6, 6.07) is 13.2. The highest BCUT2D eigenvalue weighted by Gasteiger charge is 2.26. The normalized spacial score (nSPS) is 11.6. The highest BCUT2D eigenvalue weighted by molar-refractivity contribution is 5.88. The van der Waals surface area contributed by atoms with Gasteiger partial charge in [0.2, 0.25) is 5.91 Å². The summed E-state index contributed by atoms with van der Waals surface area (Å²) in [5.74, 6) is 0.341. The van der Waals surface area contributed by atoms with E-state index in [0.717, 1.165) is 35.1 Å². The summed E-state index contributed by atoms with van der Waals surface area (Å²) in [4.78, 5) is 27.4. The SMILES string of the molecule is CCCCNC(=O)[C@@H](C)N(Cc1ccccc1C)C(=O)COc1cc(C)ccc1C. The second-order valence-corrected chi connectivity index (χ2v) is 7.83. The number of amides is 2. The molecule has 1 N–H and O–H groups in total. The maximum Gasteiger partial charge on any atom is 0.261 e. The van der Waals surface area contributed by atoms with Gasteiger partial charge in [-0.2, -0.15) is 0 Å². The molecule has 0 spiro atoms. The lowest BCUT2D eigenvalue weighted by Crippen LogP contribution is -2.49. The van der Waals surface area contributed by atoms with E-state index in [9.17, 15) is 9.59 Å². The second-order valence-electron chi connectivity index (χ2n) is 7.83. The summed E-state index contributed by atoms with van der Waals surface area (Å²) in [5, 5.41) is 2.94. The number of hydrogen-bond acceptors (Lipinski definition) is 3. The van der Waals surface area contributed by atoms with Gasteiger partial charge in [0.15, 0.2) is 6.61 Å². The zero-order chi connectivity index (χ0) is 22.1. The molecule has 1 atom stereocenters. The molecule has 0 bridgehead atoms. The van der Waals surface area contributed by atoms with Gasteiger partial charge in [-0.1, -0.05) is 49.7 Å². The van der Waals surface area contributed by atoms with E-state index in [-0.39, 0.29) is 18.4 Å². The van der Waals surface area contributed by atoms with E-state index < -0.39 is 6.04 Å². The van der Waals surface area contributed by atoms with Gasteiger partial charge in [0.05, 0.1) is 0 Å². The summed E-state index contributed by atoms with van der Waals surface area (Å²) in [7, 11) is 0. The van der Waals surface area contributed by atoms with Crippen LogP contribution < -0.4 is 10.1 Å². The molecular weight excluding hydrogens is 376 g/mol. The third-order valence-corrected chi connectivity index (χ3v) is 5.29.